The lowest BCUT2D eigenvalue weighted by atomic mass is 10.1. The fraction of sp³-hybridized carbons (Fsp3) is 0.0909. The van der Waals surface area contributed by atoms with Gasteiger partial charge in [-0.3, -0.25) is 9.48 Å². The molecule has 0 N–H and O–H groups in total. The Labute approximate surface area is 96.5 Å². The van der Waals surface area contributed by atoms with Gasteiger partial charge < -0.3 is 0 Å². The van der Waals surface area contributed by atoms with E-state index in [1.807, 2.05) is 0 Å². The third kappa shape index (κ3) is 1.97. The molecular weight excluding hydrogens is 231 g/mol. The van der Waals surface area contributed by atoms with Gasteiger partial charge in [-0.1, -0.05) is 11.6 Å². The molecule has 0 amide bonds. The van der Waals surface area contributed by atoms with Gasteiger partial charge >= 0.3 is 0 Å². The van der Waals surface area contributed by atoms with Crippen LogP contribution in [0.5, 0.6) is 0 Å². The number of benzene rings is 1. The summed E-state index contributed by atoms with van der Waals surface area (Å²) in [5.74, 6) is -0.818. The second-order valence-corrected chi connectivity index (χ2v) is 3.74. The van der Waals surface area contributed by atoms with Gasteiger partial charge in [0.1, 0.15) is 11.5 Å². The number of nitrogens with zero attached hydrogens (tertiary/aromatic N) is 2. The zero-order valence-electron chi connectivity index (χ0n) is 8.45. The van der Waals surface area contributed by atoms with Crippen LogP contribution in [0, 0.1) is 5.82 Å². The lowest BCUT2D eigenvalue weighted by molar-refractivity contribution is 0.103. The van der Waals surface area contributed by atoms with Crippen LogP contribution >= 0.6 is 11.6 Å². The van der Waals surface area contributed by atoms with Crippen LogP contribution in [0.4, 0.5) is 4.39 Å². The maximum absolute atomic E-state index is 12.9. The lowest BCUT2D eigenvalue weighted by Gasteiger charge is -1.99. The van der Waals surface area contributed by atoms with Gasteiger partial charge in [0, 0.05) is 18.8 Å². The van der Waals surface area contributed by atoms with Crippen LogP contribution in [-0.4, -0.2) is 15.6 Å². The van der Waals surface area contributed by atoms with Crippen molar-refractivity contribution >= 4 is 17.4 Å². The summed E-state index contributed by atoms with van der Waals surface area (Å²) >= 11 is 5.60. The van der Waals surface area contributed by atoms with Gasteiger partial charge in [0.15, 0.2) is 0 Å². The zero-order chi connectivity index (χ0) is 11.7. The van der Waals surface area contributed by atoms with E-state index in [1.165, 1.54) is 22.9 Å². The molecule has 1 aromatic carbocycles. The molecule has 2 aromatic rings. The second kappa shape index (κ2) is 4.06. The quantitative estimate of drug-likeness (QED) is 0.754. The van der Waals surface area contributed by atoms with Crippen molar-refractivity contribution in [2.75, 3.05) is 0 Å². The van der Waals surface area contributed by atoms with Crippen LogP contribution < -0.4 is 0 Å². The topological polar surface area (TPSA) is 34.9 Å². The van der Waals surface area contributed by atoms with E-state index in [0.717, 1.165) is 0 Å². The van der Waals surface area contributed by atoms with Crippen molar-refractivity contribution in [2.24, 2.45) is 7.05 Å². The molecule has 1 heterocycles. The highest BCUT2D eigenvalue weighted by Gasteiger charge is 2.13. The summed E-state index contributed by atoms with van der Waals surface area (Å²) in [4.78, 5) is 11.9. The number of ketones is 1. The first-order valence-electron chi connectivity index (χ1n) is 4.57. The van der Waals surface area contributed by atoms with E-state index in [0.29, 0.717) is 11.3 Å². The van der Waals surface area contributed by atoms with E-state index in [9.17, 15) is 9.18 Å². The molecule has 0 saturated heterocycles. The molecule has 16 heavy (non-hydrogen) atoms. The number of aryl methyl sites for hydroxylation is 1. The van der Waals surface area contributed by atoms with Crippen molar-refractivity contribution in [3.8, 4) is 0 Å². The van der Waals surface area contributed by atoms with Crippen LogP contribution in [0.2, 0.25) is 5.02 Å². The highest BCUT2D eigenvalue weighted by molar-refractivity contribution is 6.31. The third-order valence-corrected chi connectivity index (χ3v) is 2.42. The Balaban J connectivity index is 2.38. The van der Waals surface area contributed by atoms with Crippen molar-refractivity contribution in [3.63, 3.8) is 0 Å². The van der Waals surface area contributed by atoms with Crippen molar-refractivity contribution in [2.45, 2.75) is 0 Å². The fourth-order valence-electron chi connectivity index (χ4n) is 1.32. The minimum atomic E-state index is -0.542. The van der Waals surface area contributed by atoms with Gasteiger partial charge in [0.05, 0.1) is 5.02 Å². The molecule has 0 saturated carbocycles. The van der Waals surface area contributed by atoms with Gasteiger partial charge in [0.25, 0.3) is 0 Å². The summed E-state index contributed by atoms with van der Waals surface area (Å²) < 4.78 is 14.4. The molecule has 0 radical (unpaired) electrons. The first-order valence-corrected chi connectivity index (χ1v) is 4.95. The SMILES string of the molecule is Cn1ccc(C(=O)c2ccc(F)c(Cl)c2)n1. The average Bonchev–Trinajstić information content (AvgIpc) is 2.68. The Morgan fingerprint density at radius 1 is 1.44 bits per heavy atom. The summed E-state index contributed by atoms with van der Waals surface area (Å²) in [5, 5.41) is 3.90. The van der Waals surface area contributed by atoms with E-state index >= 15 is 0 Å². The Morgan fingerprint density at radius 3 is 2.75 bits per heavy atom. The van der Waals surface area contributed by atoms with Gasteiger partial charge in [-0.05, 0) is 24.3 Å². The molecule has 0 aliphatic rings. The van der Waals surface area contributed by atoms with Crippen molar-refractivity contribution in [1.82, 2.24) is 9.78 Å². The molecule has 0 aliphatic carbocycles. The number of aromatic nitrogens is 2. The number of hydrogen-bond donors (Lipinski definition) is 0. The second-order valence-electron chi connectivity index (χ2n) is 3.33. The molecule has 0 unspecified atom stereocenters. The van der Waals surface area contributed by atoms with Crippen LogP contribution in [0.15, 0.2) is 30.5 Å². The van der Waals surface area contributed by atoms with E-state index < -0.39 is 5.82 Å². The predicted molar refractivity (Wildman–Crippen MR) is 58.1 cm³/mol. The van der Waals surface area contributed by atoms with Crippen molar-refractivity contribution < 1.29 is 9.18 Å². The highest BCUT2D eigenvalue weighted by atomic mass is 35.5. The van der Waals surface area contributed by atoms with E-state index in [2.05, 4.69) is 5.10 Å². The summed E-state index contributed by atoms with van der Waals surface area (Å²) in [5.41, 5.74) is 0.635. The largest absolute Gasteiger partial charge is 0.287 e. The molecule has 0 aliphatic heterocycles. The first-order chi connectivity index (χ1) is 7.58. The summed E-state index contributed by atoms with van der Waals surface area (Å²) in [7, 11) is 1.72. The number of hydrogen-bond acceptors (Lipinski definition) is 2. The van der Waals surface area contributed by atoms with Crippen LogP contribution in [-0.2, 0) is 7.05 Å². The standard InChI is InChI=1S/C11H8ClFN2O/c1-15-5-4-10(14-15)11(16)7-2-3-9(13)8(12)6-7/h2-6H,1H3. The Morgan fingerprint density at radius 2 is 2.19 bits per heavy atom. The van der Waals surface area contributed by atoms with Gasteiger partial charge in [-0.2, -0.15) is 5.10 Å². The zero-order valence-corrected chi connectivity index (χ0v) is 9.20. The average molecular weight is 239 g/mol. The molecule has 0 fully saturated rings. The number of halogens is 2. The molecule has 82 valence electrons. The van der Waals surface area contributed by atoms with Crippen molar-refractivity contribution in [3.05, 3.63) is 52.6 Å². The Hall–Kier alpha value is -1.68. The third-order valence-electron chi connectivity index (χ3n) is 2.13. The molecule has 3 nitrogen and oxygen atoms in total. The molecule has 0 atom stereocenters. The van der Waals surface area contributed by atoms with Crippen LogP contribution in [0.1, 0.15) is 16.1 Å². The minimum absolute atomic E-state index is 0.0678. The fourth-order valence-corrected chi connectivity index (χ4v) is 1.50. The van der Waals surface area contributed by atoms with Crippen LogP contribution in [0.25, 0.3) is 0 Å². The number of carbonyl (C=O) groups excluding carboxylic acids is 1. The smallest absolute Gasteiger partial charge is 0.213 e. The monoisotopic (exact) mass is 238 g/mol. The first kappa shape index (κ1) is 10.8. The molecule has 2 rings (SSSR count). The molecule has 0 spiro atoms. The van der Waals surface area contributed by atoms with E-state index in [4.69, 9.17) is 11.6 Å². The Kier molecular flexibility index (Phi) is 2.75. The molecule has 0 bridgehead atoms. The van der Waals surface area contributed by atoms with E-state index in [1.54, 1.807) is 19.3 Å². The van der Waals surface area contributed by atoms with Crippen LogP contribution in [0.3, 0.4) is 0 Å². The minimum Gasteiger partial charge on any atom is -0.287 e. The number of carbonyl (C=O) groups is 1. The molecule has 5 heteroatoms. The van der Waals surface area contributed by atoms with Gasteiger partial charge in [-0.15, -0.1) is 0 Å². The summed E-state index contributed by atoms with van der Waals surface area (Å²) in [6.45, 7) is 0. The van der Waals surface area contributed by atoms with Gasteiger partial charge in [0.2, 0.25) is 5.78 Å². The molecular formula is C11H8ClFN2O. The summed E-state index contributed by atoms with van der Waals surface area (Å²) in [6.07, 6.45) is 1.67. The van der Waals surface area contributed by atoms with E-state index in [-0.39, 0.29) is 10.8 Å². The summed E-state index contributed by atoms with van der Waals surface area (Å²) in [6, 6.07) is 5.45. The predicted octanol–water partition coefficient (Wildman–Crippen LogP) is 2.44. The normalized spacial score (nSPS) is 10.4. The molecule has 1 aromatic heterocycles. The maximum atomic E-state index is 12.9. The maximum Gasteiger partial charge on any atom is 0.213 e. The Bertz CT molecular complexity index is 551. The highest BCUT2D eigenvalue weighted by Crippen LogP contribution is 2.17. The van der Waals surface area contributed by atoms with Gasteiger partial charge in [-0.25, -0.2) is 4.39 Å². The lowest BCUT2D eigenvalue weighted by Crippen LogP contribution is -2.03. The van der Waals surface area contributed by atoms with Crippen molar-refractivity contribution in [1.29, 1.82) is 0 Å². The number of rotatable bonds is 2.